The number of nitrogens with zero attached hydrogens (tertiary/aromatic N) is 1. The van der Waals surface area contributed by atoms with Gasteiger partial charge in [-0.3, -0.25) is 0 Å². The van der Waals surface area contributed by atoms with Gasteiger partial charge in [0.2, 0.25) is 0 Å². The lowest BCUT2D eigenvalue weighted by atomic mass is 10.2. The van der Waals surface area contributed by atoms with Crippen LogP contribution in [0.15, 0.2) is 33.5 Å². The van der Waals surface area contributed by atoms with Gasteiger partial charge in [-0.15, -0.1) is 0 Å². The summed E-state index contributed by atoms with van der Waals surface area (Å²) in [6.45, 7) is 0. The summed E-state index contributed by atoms with van der Waals surface area (Å²) < 4.78 is 68.1. The van der Waals surface area contributed by atoms with Crippen molar-refractivity contribution in [2.75, 3.05) is 19.0 Å². The Hall–Kier alpha value is -2.23. The Morgan fingerprint density at radius 3 is 2.36 bits per heavy atom. The fourth-order valence-corrected chi connectivity index (χ4v) is 2.10. The molecule has 0 fully saturated rings. The van der Waals surface area contributed by atoms with Crippen LogP contribution in [0, 0.1) is 0 Å². The first-order valence-corrected chi connectivity index (χ1v) is 7.18. The maximum atomic E-state index is 12.4. The minimum atomic E-state index is -5.88. The van der Waals surface area contributed by atoms with Gasteiger partial charge < -0.3 is 13.5 Å². The lowest BCUT2D eigenvalue weighted by Crippen LogP contribution is -2.28. The van der Waals surface area contributed by atoms with E-state index >= 15 is 0 Å². The van der Waals surface area contributed by atoms with Crippen LogP contribution in [-0.4, -0.2) is 28.0 Å². The predicted octanol–water partition coefficient (Wildman–Crippen LogP) is 2.09. The van der Waals surface area contributed by atoms with Crippen LogP contribution in [0.2, 0.25) is 0 Å². The number of benzene rings is 1. The first-order chi connectivity index (χ1) is 10.0. The number of hydrogen-bond donors (Lipinski definition) is 0. The smallest absolute Gasteiger partial charge is 0.422 e. The largest absolute Gasteiger partial charge is 0.534 e. The highest BCUT2D eigenvalue weighted by Gasteiger charge is 2.48. The zero-order valence-electron chi connectivity index (χ0n) is 11.3. The van der Waals surface area contributed by atoms with Gasteiger partial charge in [0.25, 0.3) is 0 Å². The molecule has 0 amide bonds. The molecule has 1 aromatic heterocycles. The minimum absolute atomic E-state index is 0.0713. The average molecular weight is 337 g/mol. The van der Waals surface area contributed by atoms with Crippen molar-refractivity contribution in [3.63, 3.8) is 0 Å². The van der Waals surface area contributed by atoms with Crippen LogP contribution in [0.3, 0.4) is 0 Å². The topological polar surface area (TPSA) is 76.8 Å². The molecule has 22 heavy (non-hydrogen) atoms. The van der Waals surface area contributed by atoms with E-state index in [0.717, 1.165) is 0 Å². The second-order valence-electron chi connectivity index (χ2n) is 4.49. The predicted molar refractivity (Wildman–Crippen MR) is 72.4 cm³/mol. The Morgan fingerprint density at radius 2 is 1.82 bits per heavy atom. The van der Waals surface area contributed by atoms with E-state index in [4.69, 9.17) is 4.42 Å². The summed E-state index contributed by atoms with van der Waals surface area (Å²) in [4.78, 5) is 13.1. The molecule has 2 aromatic rings. The summed E-state index contributed by atoms with van der Waals surface area (Å²) in [5, 5.41) is -0.0713. The van der Waals surface area contributed by atoms with Gasteiger partial charge in [-0.1, -0.05) is 0 Å². The van der Waals surface area contributed by atoms with Gasteiger partial charge in [0.15, 0.2) is 5.75 Å². The van der Waals surface area contributed by atoms with Crippen LogP contribution in [0.25, 0.3) is 11.0 Å². The van der Waals surface area contributed by atoms with Gasteiger partial charge in [0, 0.05) is 25.8 Å². The number of halogens is 3. The highest BCUT2D eigenvalue weighted by Crippen LogP contribution is 2.32. The van der Waals surface area contributed by atoms with E-state index in [2.05, 4.69) is 4.18 Å². The average Bonchev–Trinajstić information content (AvgIpc) is 2.35. The molecular weight excluding hydrogens is 327 g/mol. The number of alkyl halides is 3. The van der Waals surface area contributed by atoms with Crippen LogP contribution in [0.1, 0.15) is 0 Å². The number of hydrogen-bond acceptors (Lipinski definition) is 6. The van der Waals surface area contributed by atoms with Crippen LogP contribution >= 0.6 is 0 Å². The third-order valence-electron chi connectivity index (χ3n) is 2.69. The Balaban J connectivity index is 2.63. The number of fused-ring (bicyclic) bond motifs is 1. The Labute approximate surface area is 122 Å². The molecule has 120 valence electrons. The van der Waals surface area contributed by atoms with Gasteiger partial charge in [-0.25, -0.2) is 4.79 Å². The van der Waals surface area contributed by atoms with Crippen molar-refractivity contribution in [1.29, 1.82) is 0 Å². The summed E-state index contributed by atoms with van der Waals surface area (Å²) in [6, 6.07) is 4.73. The van der Waals surface area contributed by atoms with Gasteiger partial charge in [0.1, 0.15) is 5.58 Å². The minimum Gasteiger partial charge on any atom is -0.422 e. The first-order valence-electron chi connectivity index (χ1n) is 5.77. The molecule has 10 heteroatoms. The van der Waals surface area contributed by atoms with E-state index < -0.39 is 27.0 Å². The molecule has 0 saturated heterocycles. The summed E-state index contributed by atoms with van der Waals surface area (Å²) in [6.07, 6.45) is 0. The zero-order chi connectivity index (χ0) is 16.7. The zero-order valence-corrected chi connectivity index (χ0v) is 12.2. The van der Waals surface area contributed by atoms with E-state index in [1.165, 1.54) is 18.2 Å². The quantitative estimate of drug-likeness (QED) is 0.485. The molecule has 0 aliphatic rings. The second-order valence-corrected chi connectivity index (χ2v) is 6.03. The molecule has 2 rings (SSSR count). The highest BCUT2D eigenvalue weighted by molar-refractivity contribution is 7.88. The van der Waals surface area contributed by atoms with E-state index in [1.807, 2.05) is 0 Å². The Bertz CT molecular complexity index is 870. The molecule has 1 heterocycles. The monoisotopic (exact) mass is 337 g/mol. The fourth-order valence-electron chi connectivity index (χ4n) is 1.63. The molecule has 1 aromatic carbocycles. The molecular formula is C12H10F3NO5S. The van der Waals surface area contributed by atoms with E-state index in [-0.39, 0.29) is 11.0 Å². The number of anilines is 1. The Morgan fingerprint density at radius 1 is 1.18 bits per heavy atom. The van der Waals surface area contributed by atoms with Crippen molar-refractivity contribution < 1.29 is 30.2 Å². The SMILES string of the molecule is CN(C)c1ccc2c(OS(=O)(=O)C(F)(F)F)cc(=O)oc2c1. The van der Waals surface area contributed by atoms with E-state index in [9.17, 15) is 26.4 Å². The van der Waals surface area contributed by atoms with Crippen molar-refractivity contribution in [2.45, 2.75) is 5.51 Å². The fraction of sp³-hybridized carbons (Fsp3) is 0.250. The summed E-state index contributed by atoms with van der Waals surface area (Å²) in [7, 11) is -2.47. The standard InChI is InChI=1S/C12H10F3NO5S/c1-16(2)7-3-4-8-9(5-7)20-11(17)6-10(8)21-22(18,19)12(13,14)15/h3-6H,1-2H3. The molecule has 0 atom stereocenters. The molecule has 0 N–H and O–H groups in total. The van der Waals surface area contributed by atoms with Crippen molar-refractivity contribution in [3.05, 3.63) is 34.7 Å². The summed E-state index contributed by atoms with van der Waals surface area (Å²) >= 11 is 0. The van der Waals surface area contributed by atoms with Gasteiger partial charge in [0.05, 0.1) is 11.5 Å². The molecule has 6 nitrogen and oxygen atoms in total. The molecule has 0 aliphatic carbocycles. The van der Waals surface area contributed by atoms with Crippen molar-refractivity contribution >= 4 is 26.8 Å². The van der Waals surface area contributed by atoms with Crippen molar-refractivity contribution in [3.8, 4) is 5.75 Å². The molecule has 0 saturated carbocycles. The van der Waals surface area contributed by atoms with Crippen LogP contribution in [-0.2, 0) is 10.1 Å². The van der Waals surface area contributed by atoms with Gasteiger partial charge in [-0.2, -0.15) is 21.6 Å². The van der Waals surface area contributed by atoms with Crippen LogP contribution in [0.4, 0.5) is 18.9 Å². The van der Waals surface area contributed by atoms with Crippen molar-refractivity contribution in [2.24, 2.45) is 0 Å². The highest BCUT2D eigenvalue weighted by atomic mass is 32.2. The summed E-state index contributed by atoms with van der Waals surface area (Å²) in [5.74, 6) is -0.742. The molecule has 0 unspecified atom stereocenters. The molecule has 0 aliphatic heterocycles. The molecule has 0 spiro atoms. The van der Waals surface area contributed by atoms with Crippen molar-refractivity contribution in [1.82, 2.24) is 0 Å². The number of rotatable bonds is 3. The second kappa shape index (κ2) is 5.20. The first kappa shape index (κ1) is 16.1. The lowest BCUT2D eigenvalue weighted by Gasteiger charge is -2.14. The van der Waals surface area contributed by atoms with Gasteiger partial charge in [-0.05, 0) is 12.1 Å². The maximum Gasteiger partial charge on any atom is 0.534 e. The molecule has 0 radical (unpaired) electrons. The van der Waals surface area contributed by atoms with Gasteiger partial charge >= 0.3 is 21.3 Å². The maximum absolute atomic E-state index is 12.4. The van der Waals surface area contributed by atoms with Crippen LogP contribution < -0.4 is 14.7 Å². The third kappa shape index (κ3) is 3.01. The normalized spacial score (nSPS) is 12.4. The van der Waals surface area contributed by atoms with Crippen LogP contribution in [0.5, 0.6) is 5.75 Å². The third-order valence-corrected chi connectivity index (χ3v) is 3.66. The van der Waals surface area contributed by atoms with E-state index in [1.54, 1.807) is 19.0 Å². The van der Waals surface area contributed by atoms with E-state index in [0.29, 0.717) is 11.8 Å². The lowest BCUT2D eigenvalue weighted by molar-refractivity contribution is -0.0499. The summed E-state index contributed by atoms with van der Waals surface area (Å²) in [5.41, 5.74) is -6.12. The Kier molecular flexibility index (Phi) is 3.81. The molecule has 0 bridgehead atoms.